The van der Waals surface area contributed by atoms with E-state index in [2.05, 4.69) is 10.3 Å². The number of aromatic nitrogens is 1. The van der Waals surface area contributed by atoms with E-state index in [0.717, 1.165) is 5.39 Å². The minimum Gasteiger partial charge on any atom is -0.399 e. The number of nitrogens with one attached hydrogen (secondary N) is 1. The Labute approximate surface area is 110 Å². The van der Waals surface area contributed by atoms with Gasteiger partial charge >= 0.3 is 0 Å². The highest BCUT2D eigenvalue weighted by Gasteiger charge is 2.28. The van der Waals surface area contributed by atoms with E-state index in [9.17, 15) is 15.3 Å². The van der Waals surface area contributed by atoms with Gasteiger partial charge in [0.2, 0.25) is 0 Å². The second-order valence-electron chi connectivity index (χ2n) is 4.51. The van der Waals surface area contributed by atoms with Gasteiger partial charge in [0.1, 0.15) is 5.54 Å². The highest BCUT2D eigenvalue weighted by molar-refractivity contribution is 5.93. The zero-order valence-electron chi connectivity index (χ0n) is 10.4. The van der Waals surface area contributed by atoms with Crippen molar-refractivity contribution in [3.63, 3.8) is 0 Å². The van der Waals surface area contributed by atoms with Gasteiger partial charge < -0.3 is 26.4 Å². The lowest BCUT2D eigenvalue weighted by atomic mass is 10.0. The van der Waals surface area contributed by atoms with Crippen molar-refractivity contribution < 1.29 is 15.3 Å². The molecule has 0 amide bonds. The van der Waals surface area contributed by atoms with Gasteiger partial charge in [-0.1, -0.05) is 0 Å². The zero-order valence-corrected chi connectivity index (χ0v) is 10.4. The SMILES string of the molecule is Nc1ccc2c(NC(CO)(CO)CO)ccnc2c1. The van der Waals surface area contributed by atoms with E-state index in [1.807, 2.05) is 0 Å². The molecule has 1 aromatic carbocycles. The molecular weight excluding hydrogens is 246 g/mol. The van der Waals surface area contributed by atoms with Crippen LogP contribution < -0.4 is 11.1 Å². The van der Waals surface area contributed by atoms with Gasteiger partial charge in [-0.2, -0.15) is 0 Å². The van der Waals surface area contributed by atoms with Gasteiger partial charge in [-0.25, -0.2) is 0 Å². The third kappa shape index (κ3) is 2.60. The fourth-order valence-corrected chi connectivity index (χ4v) is 1.83. The molecule has 0 bridgehead atoms. The summed E-state index contributed by atoms with van der Waals surface area (Å²) in [5, 5.41) is 31.8. The van der Waals surface area contributed by atoms with Crippen molar-refractivity contribution in [2.75, 3.05) is 30.9 Å². The van der Waals surface area contributed by atoms with Crippen LogP contribution in [0.1, 0.15) is 0 Å². The van der Waals surface area contributed by atoms with Crippen molar-refractivity contribution in [1.29, 1.82) is 0 Å². The molecule has 0 saturated carbocycles. The van der Waals surface area contributed by atoms with Crippen molar-refractivity contribution in [2.24, 2.45) is 0 Å². The summed E-state index contributed by atoms with van der Waals surface area (Å²) in [6, 6.07) is 7.00. The van der Waals surface area contributed by atoms with Crippen molar-refractivity contribution >= 4 is 22.3 Å². The Morgan fingerprint density at radius 2 is 1.79 bits per heavy atom. The lowest BCUT2D eigenvalue weighted by Crippen LogP contribution is -2.49. The summed E-state index contributed by atoms with van der Waals surface area (Å²) in [6.45, 7) is -1.17. The van der Waals surface area contributed by atoms with Crippen LogP contribution in [0.4, 0.5) is 11.4 Å². The molecule has 6 heteroatoms. The van der Waals surface area contributed by atoms with Crippen LogP contribution in [0.2, 0.25) is 0 Å². The number of hydrogen-bond acceptors (Lipinski definition) is 6. The maximum atomic E-state index is 9.34. The van der Waals surface area contributed by atoms with E-state index in [4.69, 9.17) is 5.73 Å². The highest BCUT2D eigenvalue weighted by atomic mass is 16.3. The summed E-state index contributed by atoms with van der Waals surface area (Å²) in [6.07, 6.45) is 1.60. The lowest BCUT2D eigenvalue weighted by molar-refractivity contribution is 0.0834. The number of aliphatic hydroxyl groups is 3. The van der Waals surface area contributed by atoms with Crippen LogP contribution in [0.25, 0.3) is 10.9 Å². The molecule has 0 fully saturated rings. The predicted octanol–water partition coefficient (Wildman–Crippen LogP) is -0.0554. The van der Waals surface area contributed by atoms with Gasteiger partial charge in [-0.15, -0.1) is 0 Å². The van der Waals surface area contributed by atoms with Crippen molar-refractivity contribution in [1.82, 2.24) is 4.98 Å². The van der Waals surface area contributed by atoms with E-state index in [0.29, 0.717) is 16.9 Å². The molecule has 102 valence electrons. The van der Waals surface area contributed by atoms with E-state index >= 15 is 0 Å². The van der Waals surface area contributed by atoms with Gasteiger partial charge in [-0.05, 0) is 24.3 Å². The minimum absolute atomic E-state index is 0.390. The van der Waals surface area contributed by atoms with Crippen LogP contribution in [0.15, 0.2) is 30.5 Å². The molecule has 0 atom stereocenters. The quantitative estimate of drug-likeness (QED) is 0.483. The second-order valence-corrected chi connectivity index (χ2v) is 4.51. The number of nitrogens with two attached hydrogens (primary N) is 1. The number of rotatable bonds is 5. The summed E-state index contributed by atoms with van der Waals surface area (Å²) in [7, 11) is 0. The van der Waals surface area contributed by atoms with E-state index < -0.39 is 25.4 Å². The fourth-order valence-electron chi connectivity index (χ4n) is 1.83. The molecule has 1 aromatic heterocycles. The van der Waals surface area contributed by atoms with Crippen molar-refractivity contribution in [2.45, 2.75) is 5.54 Å². The first kappa shape index (κ1) is 13.5. The summed E-state index contributed by atoms with van der Waals surface area (Å²) in [5.74, 6) is 0. The third-order valence-corrected chi connectivity index (χ3v) is 3.07. The molecule has 0 aliphatic heterocycles. The number of aliphatic hydroxyl groups excluding tert-OH is 3. The van der Waals surface area contributed by atoms with Gasteiger partial charge in [-0.3, -0.25) is 4.98 Å². The fraction of sp³-hybridized carbons (Fsp3) is 0.308. The molecule has 2 aromatic rings. The van der Waals surface area contributed by atoms with E-state index in [-0.39, 0.29) is 0 Å². The van der Waals surface area contributed by atoms with Crippen molar-refractivity contribution in [3.8, 4) is 0 Å². The molecule has 6 nitrogen and oxygen atoms in total. The first-order valence-electron chi connectivity index (χ1n) is 5.89. The van der Waals surface area contributed by atoms with E-state index in [1.54, 1.807) is 30.5 Å². The Hall–Kier alpha value is -1.89. The predicted molar refractivity (Wildman–Crippen MR) is 73.8 cm³/mol. The Balaban J connectivity index is 2.45. The molecule has 1 heterocycles. The van der Waals surface area contributed by atoms with Gasteiger partial charge in [0.25, 0.3) is 0 Å². The standard InChI is InChI=1S/C13H17N3O3/c14-9-1-2-10-11(3-4-15-12(10)5-9)16-13(6-17,7-18)8-19/h1-5,17-19H,6-8,14H2,(H,15,16). The van der Waals surface area contributed by atoms with Gasteiger partial charge in [0.15, 0.2) is 0 Å². The van der Waals surface area contributed by atoms with Crippen LogP contribution in [0, 0.1) is 0 Å². The molecule has 0 aliphatic carbocycles. The second kappa shape index (κ2) is 5.40. The molecule has 0 aliphatic rings. The summed E-state index contributed by atoms with van der Waals surface area (Å²) >= 11 is 0. The zero-order chi connectivity index (χ0) is 13.9. The molecule has 19 heavy (non-hydrogen) atoms. The summed E-state index contributed by atoms with van der Waals surface area (Å²) in [5.41, 5.74) is 6.50. The molecule has 2 rings (SSSR count). The molecule has 0 saturated heterocycles. The molecule has 0 spiro atoms. The smallest absolute Gasteiger partial charge is 0.107 e. The van der Waals surface area contributed by atoms with Crippen LogP contribution in [-0.4, -0.2) is 45.7 Å². The van der Waals surface area contributed by atoms with Gasteiger partial charge in [0, 0.05) is 23.0 Å². The Morgan fingerprint density at radius 1 is 1.11 bits per heavy atom. The number of nitrogens with zero attached hydrogens (tertiary/aromatic N) is 1. The monoisotopic (exact) mass is 263 g/mol. The molecular formula is C13H17N3O3. The largest absolute Gasteiger partial charge is 0.399 e. The molecule has 0 radical (unpaired) electrons. The number of fused-ring (bicyclic) bond motifs is 1. The number of anilines is 2. The van der Waals surface area contributed by atoms with E-state index in [1.165, 1.54) is 0 Å². The third-order valence-electron chi connectivity index (χ3n) is 3.07. The lowest BCUT2D eigenvalue weighted by Gasteiger charge is -2.30. The summed E-state index contributed by atoms with van der Waals surface area (Å²) < 4.78 is 0. The first-order valence-corrected chi connectivity index (χ1v) is 5.89. The van der Waals surface area contributed by atoms with Crippen molar-refractivity contribution in [3.05, 3.63) is 30.5 Å². The minimum atomic E-state index is -1.17. The summed E-state index contributed by atoms with van der Waals surface area (Å²) in [4.78, 5) is 4.20. The molecule has 6 N–H and O–H groups in total. The van der Waals surface area contributed by atoms with Gasteiger partial charge in [0.05, 0.1) is 25.3 Å². The maximum Gasteiger partial charge on any atom is 0.107 e. The number of benzene rings is 1. The maximum absolute atomic E-state index is 9.34. The Morgan fingerprint density at radius 3 is 2.42 bits per heavy atom. The molecule has 0 unspecified atom stereocenters. The number of nitrogen functional groups attached to an aromatic ring is 1. The number of hydrogen-bond donors (Lipinski definition) is 5. The average molecular weight is 263 g/mol. The Kier molecular flexibility index (Phi) is 3.84. The Bertz CT molecular complexity index is 562. The van der Waals surface area contributed by atoms with Crippen LogP contribution in [-0.2, 0) is 0 Å². The first-order chi connectivity index (χ1) is 9.14. The normalized spacial score (nSPS) is 11.7. The highest BCUT2D eigenvalue weighted by Crippen LogP contribution is 2.25. The average Bonchev–Trinajstić information content (AvgIpc) is 2.44. The van der Waals surface area contributed by atoms with Crippen LogP contribution in [0.5, 0.6) is 0 Å². The van der Waals surface area contributed by atoms with Crippen LogP contribution >= 0.6 is 0 Å². The topological polar surface area (TPSA) is 112 Å². The van der Waals surface area contributed by atoms with Crippen LogP contribution in [0.3, 0.4) is 0 Å². The number of pyridine rings is 1.